The molecular weight excluding hydrogens is 513 g/mol. The lowest BCUT2D eigenvalue weighted by atomic mass is 9.96. The molecule has 4 aromatic rings. The number of thioether (sulfide) groups is 1. The molecule has 3 aromatic heterocycles. The number of carbonyl (C=O) groups excluding carboxylic acids is 1. The summed E-state index contributed by atoms with van der Waals surface area (Å²) in [7, 11) is 0. The number of carbonyl (C=O) groups is 1. The maximum Gasteiger partial charge on any atom is 0.416 e. The molecule has 5 rings (SSSR count). The second-order valence-electron chi connectivity index (χ2n) is 8.75. The van der Waals surface area contributed by atoms with Gasteiger partial charge < -0.3 is 10.6 Å². The van der Waals surface area contributed by atoms with Gasteiger partial charge in [0.15, 0.2) is 5.82 Å². The Morgan fingerprint density at radius 3 is 2.71 bits per heavy atom. The molecule has 1 amide bonds. The van der Waals surface area contributed by atoms with Crippen molar-refractivity contribution in [2.75, 3.05) is 22.9 Å². The average molecular weight is 540 g/mol. The number of nitrogens with zero attached hydrogens (tertiary/aromatic N) is 4. The van der Waals surface area contributed by atoms with Gasteiger partial charge in [-0.3, -0.25) is 9.78 Å². The molecule has 0 bridgehead atoms. The Labute approximate surface area is 222 Å². The van der Waals surface area contributed by atoms with Crippen LogP contribution in [0, 0.1) is 6.92 Å². The number of fused-ring (bicyclic) bond motifs is 1. The van der Waals surface area contributed by atoms with Crippen molar-refractivity contribution in [3.8, 4) is 5.82 Å². The first kappa shape index (κ1) is 25.8. The monoisotopic (exact) mass is 539 g/mol. The van der Waals surface area contributed by atoms with E-state index in [2.05, 4.69) is 15.6 Å². The van der Waals surface area contributed by atoms with Gasteiger partial charge in [-0.25, -0.2) is 4.57 Å². The number of halogens is 3. The molecule has 7 nitrogen and oxygen atoms in total. The molecule has 1 aliphatic heterocycles. The summed E-state index contributed by atoms with van der Waals surface area (Å²) in [5.74, 6) is 1.24. The second kappa shape index (κ2) is 10.5. The first-order valence-electron chi connectivity index (χ1n) is 12.1. The summed E-state index contributed by atoms with van der Waals surface area (Å²) in [4.78, 5) is 17.0. The molecule has 4 heterocycles. The van der Waals surface area contributed by atoms with Crippen LogP contribution in [0.1, 0.15) is 44.9 Å². The Morgan fingerprint density at radius 2 is 2.00 bits per heavy atom. The third-order valence-electron chi connectivity index (χ3n) is 6.33. The SMILES string of the molecule is CCn1nc(-[n+]2ccccc2)c2c1NCCS[C@@H]2c1ccc(C(=O)Nc2cccnc2C)cc1C(F)(F)F. The van der Waals surface area contributed by atoms with Crippen LogP contribution in [0.15, 0.2) is 67.1 Å². The number of alkyl halides is 3. The van der Waals surface area contributed by atoms with Gasteiger partial charge in [0.2, 0.25) is 0 Å². The van der Waals surface area contributed by atoms with E-state index >= 15 is 0 Å². The number of amides is 1. The van der Waals surface area contributed by atoms with Gasteiger partial charge in [0, 0.05) is 24.1 Å². The molecule has 1 aromatic carbocycles. The summed E-state index contributed by atoms with van der Waals surface area (Å²) >= 11 is 1.42. The first-order valence-corrected chi connectivity index (χ1v) is 13.2. The number of rotatable bonds is 5. The third kappa shape index (κ3) is 4.98. The molecule has 38 heavy (non-hydrogen) atoms. The number of aryl methyl sites for hydroxylation is 2. The fourth-order valence-electron chi connectivity index (χ4n) is 4.51. The fourth-order valence-corrected chi connectivity index (χ4v) is 5.73. The molecule has 196 valence electrons. The average Bonchev–Trinajstić information content (AvgIpc) is 3.14. The lowest BCUT2D eigenvalue weighted by Gasteiger charge is -2.21. The quantitative estimate of drug-likeness (QED) is 0.332. The molecule has 0 radical (unpaired) electrons. The minimum atomic E-state index is -4.67. The highest BCUT2D eigenvalue weighted by Crippen LogP contribution is 2.47. The maximum absolute atomic E-state index is 14.5. The first-order chi connectivity index (χ1) is 18.3. The second-order valence-corrected chi connectivity index (χ2v) is 9.97. The van der Waals surface area contributed by atoms with Crippen molar-refractivity contribution in [2.45, 2.75) is 31.8 Å². The smallest absolute Gasteiger partial charge is 0.367 e. The summed E-state index contributed by atoms with van der Waals surface area (Å²) in [6.07, 6.45) is 0.566. The Bertz CT molecular complexity index is 1470. The van der Waals surface area contributed by atoms with Crippen LogP contribution < -0.4 is 15.2 Å². The van der Waals surface area contributed by atoms with Gasteiger partial charge in [-0.15, -0.1) is 11.8 Å². The van der Waals surface area contributed by atoms with Crippen LogP contribution in [-0.2, 0) is 12.7 Å². The minimum Gasteiger partial charge on any atom is -0.367 e. The predicted octanol–water partition coefficient (Wildman–Crippen LogP) is 5.40. The van der Waals surface area contributed by atoms with E-state index < -0.39 is 22.9 Å². The zero-order valence-corrected chi connectivity index (χ0v) is 21.6. The van der Waals surface area contributed by atoms with Gasteiger partial charge in [0.25, 0.3) is 5.91 Å². The van der Waals surface area contributed by atoms with Gasteiger partial charge in [-0.05, 0) is 55.8 Å². The summed E-state index contributed by atoms with van der Waals surface area (Å²) < 4.78 is 47.2. The molecule has 11 heteroatoms. The number of benzene rings is 1. The van der Waals surface area contributed by atoms with Crippen LogP contribution in [0.3, 0.4) is 0 Å². The molecule has 1 aliphatic rings. The van der Waals surface area contributed by atoms with Crippen molar-refractivity contribution in [2.24, 2.45) is 0 Å². The fraction of sp³-hybridized carbons (Fsp3) is 0.259. The van der Waals surface area contributed by atoms with E-state index in [9.17, 15) is 18.0 Å². The number of anilines is 2. The molecule has 0 spiro atoms. The molecule has 0 unspecified atom stereocenters. The topological polar surface area (TPSA) is 75.7 Å². The highest BCUT2D eigenvalue weighted by Gasteiger charge is 2.41. The van der Waals surface area contributed by atoms with Gasteiger partial charge in [-0.1, -0.05) is 12.1 Å². The van der Waals surface area contributed by atoms with Gasteiger partial charge in [0.05, 0.1) is 46.2 Å². The standard InChI is InChI=1S/C27H25F3N6OS/c1-3-36-24-22(25(34-36)35-13-5-4-6-14-35)23(38-15-12-32-24)19-10-9-18(16-20(19)27(28,29)30)26(37)33-21-8-7-11-31-17(21)2/h4-11,13-14,16,23H,3,12,15H2,1-2H3,(H-,32,33,34,37)/p+1/t23-/m1/s1. The van der Waals surface area contributed by atoms with Crippen molar-refractivity contribution < 1.29 is 22.5 Å². The van der Waals surface area contributed by atoms with Gasteiger partial charge in [-0.2, -0.15) is 17.9 Å². The van der Waals surface area contributed by atoms with Crippen LogP contribution in [0.4, 0.5) is 24.7 Å². The predicted molar refractivity (Wildman–Crippen MR) is 141 cm³/mol. The van der Waals surface area contributed by atoms with E-state index in [1.54, 1.807) is 29.9 Å². The minimum absolute atomic E-state index is 0.0804. The van der Waals surface area contributed by atoms with E-state index in [4.69, 9.17) is 5.10 Å². The van der Waals surface area contributed by atoms with Crippen molar-refractivity contribution >= 4 is 29.2 Å². The van der Waals surface area contributed by atoms with Crippen LogP contribution in [0.2, 0.25) is 0 Å². The van der Waals surface area contributed by atoms with Crippen molar-refractivity contribution in [3.05, 3.63) is 95.1 Å². The largest absolute Gasteiger partial charge is 0.416 e. The highest BCUT2D eigenvalue weighted by atomic mass is 32.2. The van der Waals surface area contributed by atoms with Gasteiger partial charge in [0.1, 0.15) is 5.56 Å². The maximum atomic E-state index is 14.5. The molecule has 0 aliphatic carbocycles. The number of pyridine rings is 2. The van der Waals surface area contributed by atoms with Crippen LogP contribution in [-0.4, -0.2) is 33.0 Å². The Morgan fingerprint density at radius 1 is 1.21 bits per heavy atom. The van der Waals surface area contributed by atoms with E-state index in [1.807, 2.05) is 42.1 Å². The van der Waals surface area contributed by atoms with E-state index in [-0.39, 0.29) is 11.1 Å². The Hall–Kier alpha value is -3.86. The number of hydrogen-bond donors (Lipinski definition) is 2. The lowest BCUT2D eigenvalue weighted by molar-refractivity contribution is -0.600. The van der Waals surface area contributed by atoms with Crippen LogP contribution in [0.25, 0.3) is 5.82 Å². The third-order valence-corrected chi connectivity index (χ3v) is 7.59. The molecule has 2 N–H and O–H groups in total. The molecule has 0 saturated heterocycles. The zero-order chi connectivity index (χ0) is 26.9. The highest BCUT2D eigenvalue weighted by molar-refractivity contribution is 7.99. The van der Waals surface area contributed by atoms with E-state index in [0.717, 1.165) is 6.07 Å². The summed E-state index contributed by atoms with van der Waals surface area (Å²) in [6.45, 7) is 4.80. The Kier molecular flexibility index (Phi) is 7.11. The van der Waals surface area contributed by atoms with Crippen molar-refractivity contribution in [1.29, 1.82) is 0 Å². The summed E-state index contributed by atoms with van der Waals surface area (Å²) in [5.41, 5.74) is 0.869. The molecule has 1 atom stereocenters. The number of nitrogens with one attached hydrogen (secondary N) is 2. The number of hydrogen-bond acceptors (Lipinski definition) is 5. The van der Waals surface area contributed by atoms with Crippen LogP contribution >= 0.6 is 11.8 Å². The summed E-state index contributed by atoms with van der Waals surface area (Å²) in [6, 6.07) is 12.7. The van der Waals surface area contributed by atoms with Gasteiger partial charge >= 0.3 is 12.0 Å². The number of aromatic nitrogens is 4. The van der Waals surface area contributed by atoms with E-state index in [0.29, 0.717) is 47.4 Å². The normalized spacial score (nSPS) is 15.3. The van der Waals surface area contributed by atoms with Crippen molar-refractivity contribution in [3.63, 3.8) is 0 Å². The molecular formula is C27H26F3N6OS+. The summed E-state index contributed by atoms with van der Waals surface area (Å²) in [5, 5.41) is 10.1. The molecule has 0 saturated carbocycles. The zero-order valence-electron chi connectivity index (χ0n) is 20.8. The Balaban J connectivity index is 1.62. The lowest BCUT2D eigenvalue weighted by Crippen LogP contribution is -2.31. The van der Waals surface area contributed by atoms with E-state index in [1.165, 1.54) is 23.9 Å². The molecule has 0 fully saturated rings. The van der Waals surface area contributed by atoms with Crippen LogP contribution in [0.5, 0.6) is 0 Å². The van der Waals surface area contributed by atoms with Crippen molar-refractivity contribution in [1.82, 2.24) is 14.8 Å².